The molecule has 1 aliphatic rings. The Kier molecular flexibility index (Phi) is 8.17. The molecule has 0 aromatic carbocycles. The molecule has 0 fully saturated rings. The van der Waals surface area contributed by atoms with Gasteiger partial charge in [-0.15, -0.1) is 11.3 Å². The van der Waals surface area contributed by atoms with Crippen molar-refractivity contribution in [3.8, 4) is 0 Å². The molecular formula is C20H20F3N5O4S2. The summed E-state index contributed by atoms with van der Waals surface area (Å²) in [6.45, 7) is 0.607. The third-order valence-electron chi connectivity index (χ3n) is 4.65. The van der Waals surface area contributed by atoms with E-state index in [9.17, 15) is 21.6 Å². The molecule has 4 rings (SSSR count). The van der Waals surface area contributed by atoms with E-state index >= 15 is 0 Å². The van der Waals surface area contributed by atoms with E-state index in [-0.39, 0.29) is 6.04 Å². The second-order valence-electron chi connectivity index (χ2n) is 7.18. The predicted octanol–water partition coefficient (Wildman–Crippen LogP) is 3.01. The molecule has 1 unspecified atom stereocenters. The molecule has 0 spiro atoms. The largest absolute Gasteiger partial charge is 0.490 e. The lowest BCUT2D eigenvalue weighted by Crippen LogP contribution is -2.38. The molecule has 34 heavy (non-hydrogen) atoms. The van der Waals surface area contributed by atoms with E-state index in [1.165, 1.54) is 11.3 Å². The lowest BCUT2D eigenvalue weighted by Gasteiger charge is -2.24. The van der Waals surface area contributed by atoms with Crippen LogP contribution in [0, 0.1) is 0 Å². The van der Waals surface area contributed by atoms with E-state index < -0.39 is 22.2 Å². The first-order valence-corrected chi connectivity index (χ1v) is 12.2. The summed E-state index contributed by atoms with van der Waals surface area (Å²) in [6, 6.07) is 7.10. The summed E-state index contributed by atoms with van der Waals surface area (Å²) < 4.78 is 59.7. The number of carbonyl (C=O) groups is 1. The number of sulfonamides is 1. The number of carboxylic acids is 1. The Morgan fingerprint density at radius 1 is 1.24 bits per heavy atom. The van der Waals surface area contributed by atoms with Crippen molar-refractivity contribution >= 4 is 33.3 Å². The van der Waals surface area contributed by atoms with Crippen LogP contribution in [0.1, 0.15) is 23.2 Å². The van der Waals surface area contributed by atoms with Gasteiger partial charge in [0.05, 0.1) is 0 Å². The van der Waals surface area contributed by atoms with E-state index in [4.69, 9.17) is 9.90 Å². The number of thiophene rings is 1. The number of rotatable bonds is 6. The van der Waals surface area contributed by atoms with Crippen LogP contribution in [0.3, 0.4) is 0 Å². The van der Waals surface area contributed by atoms with Crippen molar-refractivity contribution in [1.29, 1.82) is 0 Å². The molecule has 0 radical (unpaired) electrons. The molecule has 0 saturated heterocycles. The number of nitrogens with zero attached hydrogens (tertiary/aromatic N) is 3. The Labute approximate surface area is 197 Å². The van der Waals surface area contributed by atoms with Gasteiger partial charge in [0.2, 0.25) is 16.0 Å². The highest BCUT2D eigenvalue weighted by Crippen LogP contribution is 2.23. The second kappa shape index (κ2) is 10.9. The van der Waals surface area contributed by atoms with Crippen LogP contribution in [-0.4, -0.2) is 46.7 Å². The Bertz CT molecular complexity index is 1210. The third-order valence-corrected chi connectivity index (χ3v) is 7.57. The van der Waals surface area contributed by atoms with Gasteiger partial charge < -0.3 is 10.4 Å². The smallest absolute Gasteiger partial charge is 0.475 e. The number of aliphatic carboxylic acids is 1. The predicted molar refractivity (Wildman–Crippen MR) is 118 cm³/mol. The van der Waals surface area contributed by atoms with Crippen molar-refractivity contribution < 1.29 is 31.5 Å². The van der Waals surface area contributed by atoms with Crippen molar-refractivity contribution in [3.05, 3.63) is 65.1 Å². The summed E-state index contributed by atoms with van der Waals surface area (Å²) in [7, 11) is -3.46. The first-order valence-electron chi connectivity index (χ1n) is 9.88. The maximum absolute atomic E-state index is 12.4. The van der Waals surface area contributed by atoms with Crippen LogP contribution in [0.2, 0.25) is 0 Å². The van der Waals surface area contributed by atoms with Crippen LogP contribution >= 0.6 is 11.3 Å². The first kappa shape index (κ1) is 25.5. The van der Waals surface area contributed by atoms with Crippen molar-refractivity contribution in [3.63, 3.8) is 0 Å². The van der Waals surface area contributed by atoms with E-state index in [0.29, 0.717) is 23.1 Å². The number of fused-ring (bicyclic) bond motifs is 1. The molecular weight excluding hydrogens is 495 g/mol. The summed E-state index contributed by atoms with van der Waals surface area (Å²) >= 11 is 1.22. The number of nitrogens with one attached hydrogen (secondary N) is 2. The van der Waals surface area contributed by atoms with Crippen molar-refractivity contribution in [2.24, 2.45) is 0 Å². The zero-order chi connectivity index (χ0) is 24.8. The fourth-order valence-electron chi connectivity index (χ4n) is 3.07. The zero-order valence-electron chi connectivity index (χ0n) is 17.5. The number of hydrogen-bond donors (Lipinski definition) is 3. The van der Waals surface area contributed by atoms with Gasteiger partial charge in [0.1, 0.15) is 4.21 Å². The Morgan fingerprint density at radius 2 is 2.00 bits per heavy atom. The molecule has 3 heterocycles. The average Bonchev–Trinajstić information content (AvgIpc) is 3.34. The SMILES string of the molecule is O=C(O)C(F)(F)F.O=S(=O)(NC1CCc2nc(NCc3cccnc3)ncc2C1)c1cccs1. The monoisotopic (exact) mass is 515 g/mol. The van der Waals surface area contributed by atoms with Crippen LogP contribution in [0.5, 0.6) is 0 Å². The number of carboxylic acid groups (broad SMARTS) is 1. The van der Waals surface area contributed by atoms with Crippen molar-refractivity contribution in [1.82, 2.24) is 19.7 Å². The molecule has 0 saturated carbocycles. The standard InChI is InChI=1S/C18H19N5O2S2.C2HF3O2/c24-27(25,17-4-2-8-26-17)23-15-5-6-16-14(9-15)12-21-18(22-16)20-11-13-3-1-7-19-10-13;3-2(4,5)1(6)7/h1-4,7-8,10,12,15,23H,5-6,9,11H2,(H,20,21,22);(H,6,7). The number of pyridine rings is 1. The molecule has 182 valence electrons. The lowest BCUT2D eigenvalue weighted by molar-refractivity contribution is -0.192. The molecule has 14 heteroatoms. The second-order valence-corrected chi connectivity index (χ2v) is 10.1. The molecule has 3 N–H and O–H groups in total. The minimum atomic E-state index is -5.08. The zero-order valence-corrected chi connectivity index (χ0v) is 19.1. The molecule has 1 atom stereocenters. The summed E-state index contributed by atoms with van der Waals surface area (Å²) in [5.74, 6) is -2.18. The van der Waals surface area contributed by atoms with Crippen LogP contribution < -0.4 is 10.0 Å². The number of aryl methyl sites for hydroxylation is 1. The summed E-state index contributed by atoms with van der Waals surface area (Å²) in [5, 5.41) is 12.1. The molecule has 0 amide bonds. The van der Waals surface area contributed by atoms with E-state index in [2.05, 4.69) is 25.0 Å². The molecule has 3 aromatic rings. The topological polar surface area (TPSA) is 134 Å². The van der Waals surface area contributed by atoms with Crippen LogP contribution in [0.4, 0.5) is 19.1 Å². The van der Waals surface area contributed by atoms with Gasteiger partial charge in [-0.2, -0.15) is 13.2 Å². The number of hydrogen-bond acceptors (Lipinski definition) is 8. The highest BCUT2D eigenvalue weighted by Gasteiger charge is 2.38. The summed E-state index contributed by atoms with van der Waals surface area (Å²) in [6.07, 6.45) is 2.29. The highest BCUT2D eigenvalue weighted by molar-refractivity contribution is 7.91. The van der Waals surface area contributed by atoms with Crippen LogP contribution in [-0.2, 0) is 34.2 Å². The van der Waals surface area contributed by atoms with Gasteiger partial charge in [-0.3, -0.25) is 4.98 Å². The van der Waals surface area contributed by atoms with Gasteiger partial charge in [-0.05, 0) is 47.9 Å². The van der Waals surface area contributed by atoms with Crippen LogP contribution in [0.25, 0.3) is 0 Å². The normalized spacial score (nSPS) is 15.6. The molecule has 3 aromatic heterocycles. The minimum Gasteiger partial charge on any atom is -0.475 e. The van der Waals surface area contributed by atoms with Gasteiger partial charge in [-0.25, -0.2) is 27.9 Å². The van der Waals surface area contributed by atoms with Gasteiger partial charge in [0, 0.05) is 36.9 Å². The average molecular weight is 516 g/mol. The van der Waals surface area contributed by atoms with Crippen molar-refractivity contribution in [2.45, 2.75) is 42.2 Å². The number of anilines is 1. The summed E-state index contributed by atoms with van der Waals surface area (Å²) in [5.41, 5.74) is 3.03. The van der Waals surface area contributed by atoms with E-state index in [1.54, 1.807) is 36.1 Å². The fourth-order valence-corrected chi connectivity index (χ4v) is 5.35. The molecule has 1 aliphatic carbocycles. The van der Waals surface area contributed by atoms with Gasteiger partial charge in [0.15, 0.2) is 0 Å². The van der Waals surface area contributed by atoms with Crippen LogP contribution in [0.15, 0.2) is 52.4 Å². The Hall–Kier alpha value is -3.10. The Morgan fingerprint density at radius 3 is 2.62 bits per heavy atom. The molecule has 0 aliphatic heterocycles. The maximum Gasteiger partial charge on any atom is 0.490 e. The van der Waals surface area contributed by atoms with E-state index in [1.807, 2.05) is 12.1 Å². The highest BCUT2D eigenvalue weighted by atomic mass is 32.2. The fraction of sp³-hybridized carbons (Fsp3) is 0.300. The minimum absolute atomic E-state index is 0.137. The Balaban J connectivity index is 0.000000406. The number of aromatic nitrogens is 3. The number of halogens is 3. The first-order chi connectivity index (χ1) is 16.0. The van der Waals surface area contributed by atoms with Gasteiger partial charge in [-0.1, -0.05) is 12.1 Å². The van der Waals surface area contributed by atoms with E-state index in [0.717, 1.165) is 29.7 Å². The van der Waals surface area contributed by atoms with Crippen molar-refractivity contribution in [2.75, 3.05) is 5.32 Å². The molecule has 9 nitrogen and oxygen atoms in total. The quantitative estimate of drug-likeness (QED) is 0.456. The number of alkyl halides is 3. The summed E-state index contributed by atoms with van der Waals surface area (Å²) in [4.78, 5) is 21.9. The maximum atomic E-state index is 12.4. The third kappa shape index (κ3) is 7.20. The van der Waals surface area contributed by atoms with Gasteiger partial charge in [0.25, 0.3) is 0 Å². The lowest BCUT2D eigenvalue weighted by atomic mass is 9.94. The van der Waals surface area contributed by atoms with Gasteiger partial charge >= 0.3 is 12.1 Å². The molecule has 0 bridgehead atoms.